The van der Waals surface area contributed by atoms with Crippen LogP contribution in [0.5, 0.6) is 11.5 Å². The summed E-state index contributed by atoms with van der Waals surface area (Å²) in [6.07, 6.45) is -4.45. The van der Waals surface area contributed by atoms with E-state index >= 15 is 0 Å². The first-order valence-electron chi connectivity index (χ1n) is 14.4. The molecule has 50 heavy (non-hydrogen) atoms. The average Bonchev–Trinajstić information content (AvgIpc) is 3.08. The van der Waals surface area contributed by atoms with E-state index < -0.39 is 63.7 Å². The minimum Gasteiger partial charge on any atom is -0.508 e. The Morgan fingerprint density at radius 2 is 1.54 bits per heavy atom. The number of methoxy groups -OCH3 is 1. The lowest BCUT2D eigenvalue weighted by Gasteiger charge is -2.18. The average molecular weight is 722 g/mol. The zero-order valence-electron chi connectivity index (χ0n) is 25.9. The Morgan fingerprint density at radius 3 is 2.14 bits per heavy atom. The van der Waals surface area contributed by atoms with Crippen molar-refractivity contribution in [1.82, 2.24) is 5.32 Å². The molecule has 0 saturated heterocycles. The molecule has 4 rings (SSSR count). The van der Waals surface area contributed by atoms with Gasteiger partial charge in [0.05, 0.1) is 12.4 Å². The van der Waals surface area contributed by atoms with Gasteiger partial charge in [-0.1, -0.05) is 31.2 Å². The number of hydrogen-bond donors (Lipinski definition) is 4. The van der Waals surface area contributed by atoms with Crippen LogP contribution in [-0.2, 0) is 15.8 Å². The summed E-state index contributed by atoms with van der Waals surface area (Å²) in [6.45, 7) is 1.49. The third-order valence-electron chi connectivity index (χ3n) is 6.87. The molecule has 0 aliphatic carbocycles. The van der Waals surface area contributed by atoms with Crippen LogP contribution in [0.1, 0.15) is 34.8 Å². The van der Waals surface area contributed by atoms with Crippen molar-refractivity contribution in [3.63, 3.8) is 0 Å². The van der Waals surface area contributed by atoms with Crippen LogP contribution in [0.3, 0.4) is 0 Å². The largest absolute Gasteiger partial charge is 0.508 e. The normalized spacial score (nSPS) is 12.2. The summed E-state index contributed by atoms with van der Waals surface area (Å²) in [5.41, 5.74) is -3.99. The Bertz CT molecular complexity index is 1930. The number of amides is 3. The SMILES string of the molecule is CCC(Sc1cccc(NC(=O)/C(=C\c2ccc(O)cc2OC)NC(=O)c2ccccc2)c1)C(=O)Nc1c(F)c(F)c(C(F)(F)F)c(F)c1F. The molecule has 16 heteroatoms. The number of anilines is 2. The zero-order valence-corrected chi connectivity index (χ0v) is 26.7. The second-order valence-corrected chi connectivity index (χ2v) is 11.6. The third-order valence-corrected chi connectivity index (χ3v) is 8.23. The molecule has 1 unspecified atom stereocenters. The standard InChI is InChI=1S/C34H26F7N3O5S/c1-3-24(33(48)44-30-28(37)26(35)25(34(39,40)41)27(36)29(30)38)50-21-11-7-10-19(15-21)42-32(47)22(43-31(46)17-8-5-4-6-9-17)14-18-12-13-20(45)16-23(18)49-2/h4-16,24,45H,3H2,1-2H3,(H,42,47)(H,43,46)(H,44,48)/b22-14+. The van der Waals surface area contributed by atoms with Gasteiger partial charge in [-0.2, -0.15) is 13.2 Å². The van der Waals surface area contributed by atoms with Crippen molar-refractivity contribution in [2.45, 2.75) is 29.7 Å². The highest BCUT2D eigenvalue weighted by molar-refractivity contribution is 8.00. The Labute approximate surface area is 284 Å². The van der Waals surface area contributed by atoms with Gasteiger partial charge < -0.3 is 25.8 Å². The fourth-order valence-electron chi connectivity index (χ4n) is 4.44. The van der Waals surface area contributed by atoms with Crippen LogP contribution in [0.2, 0.25) is 0 Å². The van der Waals surface area contributed by atoms with Crippen molar-refractivity contribution >= 4 is 46.9 Å². The van der Waals surface area contributed by atoms with Crippen molar-refractivity contribution in [3.8, 4) is 11.5 Å². The van der Waals surface area contributed by atoms with E-state index in [-0.39, 0.29) is 34.9 Å². The van der Waals surface area contributed by atoms with Crippen LogP contribution >= 0.6 is 11.8 Å². The summed E-state index contributed by atoms with van der Waals surface area (Å²) < 4.78 is 101. The van der Waals surface area contributed by atoms with Crippen LogP contribution in [0.25, 0.3) is 6.08 Å². The maximum atomic E-state index is 14.4. The molecular weight excluding hydrogens is 695 g/mol. The zero-order chi connectivity index (χ0) is 36.7. The molecule has 0 heterocycles. The van der Waals surface area contributed by atoms with Crippen LogP contribution in [0, 0.1) is 23.3 Å². The molecule has 4 aromatic rings. The number of carbonyl (C=O) groups is 3. The molecular formula is C34H26F7N3O5S. The summed E-state index contributed by atoms with van der Waals surface area (Å²) in [6, 6.07) is 18.0. The van der Waals surface area contributed by atoms with E-state index in [1.54, 1.807) is 23.5 Å². The highest BCUT2D eigenvalue weighted by atomic mass is 32.2. The number of carbonyl (C=O) groups excluding carboxylic acids is 3. The van der Waals surface area contributed by atoms with Gasteiger partial charge >= 0.3 is 6.18 Å². The molecule has 0 spiro atoms. The number of rotatable bonds is 11. The predicted molar refractivity (Wildman–Crippen MR) is 171 cm³/mol. The van der Waals surface area contributed by atoms with Crippen molar-refractivity contribution in [3.05, 3.63) is 118 Å². The van der Waals surface area contributed by atoms with Crippen molar-refractivity contribution < 1.29 is 55.0 Å². The first-order valence-corrected chi connectivity index (χ1v) is 15.3. The number of ether oxygens (including phenoxy) is 1. The molecule has 8 nitrogen and oxygen atoms in total. The number of hydrogen-bond acceptors (Lipinski definition) is 6. The third kappa shape index (κ3) is 8.74. The Morgan fingerprint density at radius 1 is 0.880 bits per heavy atom. The number of aromatic hydroxyl groups is 1. The lowest BCUT2D eigenvalue weighted by atomic mass is 10.1. The molecule has 3 amide bonds. The molecule has 1 atom stereocenters. The van der Waals surface area contributed by atoms with Gasteiger partial charge in [-0.3, -0.25) is 14.4 Å². The highest BCUT2D eigenvalue weighted by Gasteiger charge is 2.42. The molecule has 0 aromatic heterocycles. The fourth-order valence-corrected chi connectivity index (χ4v) is 5.46. The summed E-state index contributed by atoms with van der Waals surface area (Å²) in [5, 5.41) is 15.4. The second-order valence-electron chi connectivity index (χ2n) is 10.3. The van der Waals surface area contributed by atoms with E-state index in [4.69, 9.17) is 4.74 Å². The van der Waals surface area contributed by atoms with E-state index in [2.05, 4.69) is 10.6 Å². The lowest BCUT2D eigenvalue weighted by Crippen LogP contribution is -2.30. The van der Waals surface area contributed by atoms with Gasteiger partial charge in [-0.05, 0) is 55.0 Å². The summed E-state index contributed by atoms with van der Waals surface area (Å²) in [7, 11) is 1.34. The number of thioether (sulfide) groups is 1. The summed E-state index contributed by atoms with van der Waals surface area (Å²) in [4.78, 5) is 39.7. The molecule has 0 saturated carbocycles. The molecule has 0 radical (unpaired) electrons. The minimum atomic E-state index is -5.75. The number of phenolic OH excluding ortho intramolecular Hbond substituents is 1. The summed E-state index contributed by atoms with van der Waals surface area (Å²) >= 11 is 0.810. The highest BCUT2D eigenvalue weighted by Crippen LogP contribution is 2.39. The predicted octanol–water partition coefficient (Wildman–Crippen LogP) is 7.90. The van der Waals surface area contributed by atoms with E-state index in [0.717, 1.165) is 11.8 Å². The Hall–Kier alpha value is -5.51. The van der Waals surface area contributed by atoms with E-state index in [9.17, 15) is 50.2 Å². The first kappa shape index (κ1) is 37.3. The Balaban J connectivity index is 1.57. The van der Waals surface area contributed by atoms with Crippen LogP contribution in [-0.4, -0.2) is 35.2 Å². The van der Waals surface area contributed by atoms with E-state index in [1.165, 1.54) is 74.7 Å². The van der Waals surface area contributed by atoms with Crippen molar-refractivity contribution in [2.24, 2.45) is 0 Å². The van der Waals surface area contributed by atoms with E-state index in [1.807, 2.05) is 0 Å². The van der Waals surface area contributed by atoms with Gasteiger partial charge in [0.2, 0.25) is 5.91 Å². The molecule has 4 aromatic carbocycles. The van der Waals surface area contributed by atoms with Crippen molar-refractivity contribution in [1.29, 1.82) is 0 Å². The van der Waals surface area contributed by atoms with Gasteiger partial charge in [0.1, 0.15) is 28.4 Å². The second kappa shape index (κ2) is 15.8. The van der Waals surface area contributed by atoms with Gasteiger partial charge in [0, 0.05) is 27.8 Å². The van der Waals surface area contributed by atoms with Crippen LogP contribution in [0.15, 0.2) is 83.4 Å². The van der Waals surface area contributed by atoms with Crippen molar-refractivity contribution in [2.75, 3.05) is 17.7 Å². The smallest absolute Gasteiger partial charge is 0.422 e. The monoisotopic (exact) mass is 721 g/mol. The Kier molecular flexibility index (Phi) is 11.8. The molecule has 4 N–H and O–H groups in total. The topological polar surface area (TPSA) is 117 Å². The minimum absolute atomic E-state index is 0.0191. The van der Waals surface area contributed by atoms with Crippen LogP contribution < -0.4 is 20.7 Å². The molecule has 0 bridgehead atoms. The molecule has 262 valence electrons. The maximum absolute atomic E-state index is 14.4. The van der Waals surface area contributed by atoms with Gasteiger partial charge in [-0.25, -0.2) is 17.6 Å². The fraction of sp³-hybridized carbons (Fsp3) is 0.147. The lowest BCUT2D eigenvalue weighted by molar-refractivity contribution is -0.143. The maximum Gasteiger partial charge on any atom is 0.422 e. The van der Waals surface area contributed by atoms with Gasteiger partial charge in [-0.15, -0.1) is 11.8 Å². The van der Waals surface area contributed by atoms with Gasteiger partial charge in [0.15, 0.2) is 23.3 Å². The molecule has 0 aliphatic heterocycles. The number of nitrogens with one attached hydrogen (secondary N) is 3. The molecule has 0 fully saturated rings. The van der Waals surface area contributed by atoms with E-state index in [0.29, 0.717) is 10.5 Å². The summed E-state index contributed by atoms with van der Waals surface area (Å²) in [5.74, 6) is -12.8. The number of halogens is 7. The first-order chi connectivity index (χ1) is 23.6. The number of alkyl halides is 3. The number of phenols is 1. The number of benzene rings is 4. The molecule has 0 aliphatic rings. The van der Waals surface area contributed by atoms with Crippen LogP contribution in [0.4, 0.5) is 42.1 Å². The quantitative estimate of drug-likeness (QED) is 0.0542. The van der Waals surface area contributed by atoms with Gasteiger partial charge in [0.25, 0.3) is 11.8 Å².